The van der Waals surface area contributed by atoms with Crippen LogP contribution in [-0.2, 0) is 9.53 Å². The monoisotopic (exact) mass is 574 g/mol. The summed E-state index contributed by atoms with van der Waals surface area (Å²) in [5.74, 6) is -0.466. The van der Waals surface area contributed by atoms with Crippen LogP contribution in [0.3, 0.4) is 0 Å². The van der Waals surface area contributed by atoms with Crippen molar-refractivity contribution in [2.75, 3.05) is 25.6 Å². The Hall–Kier alpha value is -3.88. The summed E-state index contributed by atoms with van der Waals surface area (Å²) in [6.45, 7) is 7.86. The van der Waals surface area contributed by atoms with Crippen molar-refractivity contribution in [3.05, 3.63) is 113 Å². The molecule has 9 heteroatoms. The Morgan fingerprint density at radius 3 is 2.40 bits per heavy atom. The van der Waals surface area contributed by atoms with Gasteiger partial charge in [-0.3, -0.25) is 9.36 Å². The van der Waals surface area contributed by atoms with Gasteiger partial charge in [0.25, 0.3) is 5.56 Å². The zero-order chi connectivity index (χ0) is 28.7. The molecule has 2 aromatic carbocycles. The van der Waals surface area contributed by atoms with E-state index in [4.69, 9.17) is 21.3 Å². The van der Waals surface area contributed by atoms with Gasteiger partial charge in [-0.2, -0.15) is 0 Å². The summed E-state index contributed by atoms with van der Waals surface area (Å²) in [6, 6.07) is 17.0. The molecule has 4 aromatic rings. The van der Waals surface area contributed by atoms with E-state index in [-0.39, 0.29) is 12.2 Å². The Morgan fingerprint density at radius 1 is 1.10 bits per heavy atom. The largest absolute Gasteiger partial charge is 0.463 e. The maximum absolute atomic E-state index is 14.0. The third-order valence-electron chi connectivity index (χ3n) is 7.08. The van der Waals surface area contributed by atoms with E-state index in [1.807, 2.05) is 87.4 Å². The summed E-state index contributed by atoms with van der Waals surface area (Å²) < 4.78 is 9.71. The van der Waals surface area contributed by atoms with E-state index in [0.29, 0.717) is 25.6 Å². The van der Waals surface area contributed by atoms with Gasteiger partial charge < -0.3 is 14.2 Å². The number of anilines is 1. The second-order valence-corrected chi connectivity index (χ2v) is 11.4. The standard InChI is InChI=1S/C31H31ClN4O3S/c1-7-39-30(38)27-19(3)33-31-36(28(27)21-8-12-24(13-9-21)34(5)6)29(37)26(40-31)17-22-16-18(2)35(20(22)4)25-14-10-23(32)11-15-25/h8-17,28H,7H2,1-6H3/b26-17+/t28-/m1/s1. The number of rotatable bonds is 6. The van der Waals surface area contributed by atoms with Gasteiger partial charge in [-0.25, -0.2) is 9.79 Å². The van der Waals surface area contributed by atoms with Crippen molar-refractivity contribution in [2.24, 2.45) is 4.99 Å². The number of nitrogens with zero attached hydrogens (tertiary/aromatic N) is 4. The molecule has 3 heterocycles. The van der Waals surface area contributed by atoms with Crippen molar-refractivity contribution in [1.82, 2.24) is 9.13 Å². The molecule has 0 amide bonds. The van der Waals surface area contributed by atoms with E-state index < -0.39 is 12.0 Å². The van der Waals surface area contributed by atoms with E-state index >= 15 is 0 Å². The van der Waals surface area contributed by atoms with Gasteiger partial charge in [0.15, 0.2) is 4.80 Å². The third kappa shape index (κ3) is 4.93. The molecule has 0 saturated carbocycles. The minimum absolute atomic E-state index is 0.198. The lowest BCUT2D eigenvalue weighted by Gasteiger charge is -2.25. The number of carbonyl (C=O) groups excluding carboxylic acids is 1. The van der Waals surface area contributed by atoms with Gasteiger partial charge in [0.05, 0.1) is 28.5 Å². The Kier molecular flexibility index (Phi) is 7.57. The third-order valence-corrected chi connectivity index (χ3v) is 8.32. The van der Waals surface area contributed by atoms with E-state index in [1.54, 1.807) is 18.4 Å². The number of benzene rings is 2. The van der Waals surface area contributed by atoms with Crippen molar-refractivity contribution in [3.8, 4) is 5.69 Å². The van der Waals surface area contributed by atoms with E-state index in [1.165, 1.54) is 11.3 Å². The molecular weight excluding hydrogens is 544 g/mol. The molecule has 0 N–H and O–H groups in total. The molecule has 7 nitrogen and oxygen atoms in total. The molecule has 0 aliphatic carbocycles. The second-order valence-electron chi connectivity index (χ2n) is 9.93. The van der Waals surface area contributed by atoms with Crippen molar-refractivity contribution in [2.45, 2.75) is 33.7 Å². The van der Waals surface area contributed by atoms with Crippen LogP contribution >= 0.6 is 22.9 Å². The van der Waals surface area contributed by atoms with Crippen LogP contribution in [0.1, 0.15) is 42.4 Å². The number of thiazole rings is 1. The summed E-state index contributed by atoms with van der Waals surface area (Å²) in [5, 5.41) is 0.677. The van der Waals surface area contributed by atoms with Gasteiger partial charge in [0.2, 0.25) is 0 Å². The zero-order valence-corrected chi connectivity index (χ0v) is 24.9. The van der Waals surface area contributed by atoms with E-state index in [2.05, 4.69) is 10.6 Å². The number of carbonyl (C=O) groups is 1. The van der Waals surface area contributed by atoms with Crippen LogP contribution in [0.5, 0.6) is 0 Å². The normalized spacial score (nSPS) is 15.2. The van der Waals surface area contributed by atoms with Gasteiger partial charge in [0.1, 0.15) is 0 Å². The predicted octanol–water partition coefficient (Wildman–Crippen LogP) is 4.93. The number of fused-ring (bicyclic) bond motifs is 1. The van der Waals surface area contributed by atoms with Crippen LogP contribution in [0.4, 0.5) is 5.69 Å². The SMILES string of the molecule is CCOC(=O)C1=C(C)N=c2s/c(=C/c3cc(C)n(-c4ccc(Cl)cc4)c3C)c(=O)n2[C@@H]1c1ccc(N(C)C)cc1. The smallest absolute Gasteiger partial charge is 0.338 e. The zero-order valence-electron chi connectivity index (χ0n) is 23.4. The minimum Gasteiger partial charge on any atom is -0.463 e. The highest BCUT2D eigenvalue weighted by Crippen LogP contribution is 2.31. The van der Waals surface area contributed by atoms with Crippen LogP contribution in [0.2, 0.25) is 5.02 Å². The first-order chi connectivity index (χ1) is 19.1. The Bertz CT molecular complexity index is 1810. The summed E-state index contributed by atoms with van der Waals surface area (Å²) in [7, 11) is 3.94. The number of hydrogen-bond acceptors (Lipinski definition) is 6. The summed E-state index contributed by atoms with van der Waals surface area (Å²) in [6.07, 6.45) is 1.91. The Labute approximate surface area is 241 Å². The molecule has 0 radical (unpaired) electrons. The van der Waals surface area contributed by atoms with Gasteiger partial charge in [-0.1, -0.05) is 35.1 Å². The Morgan fingerprint density at radius 2 is 1.77 bits per heavy atom. The van der Waals surface area contributed by atoms with Crippen LogP contribution in [0.25, 0.3) is 11.8 Å². The molecule has 1 atom stereocenters. The van der Waals surface area contributed by atoms with Crippen molar-refractivity contribution in [1.29, 1.82) is 0 Å². The highest BCUT2D eigenvalue weighted by molar-refractivity contribution is 7.07. The number of ether oxygens (including phenoxy) is 1. The molecule has 1 aliphatic rings. The highest BCUT2D eigenvalue weighted by atomic mass is 35.5. The number of hydrogen-bond donors (Lipinski definition) is 0. The molecular formula is C31H31ClN4O3S. The molecule has 1 aliphatic heterocycles. The fourth-order valence-electron chi connectivity index (χ4n) is 5.12. The average Bonchev–Trinajstić information content (AvgIpc) is 3.38. The van der Waals surface area contributed by atoms with Gasteiger partial charge in [0, 0.05) is 41.9 Å². The molecule has 0 fully saturated rings. The Balaban J connectivity index is 1.67. The fraction of sp³-hybridized carbons (Fsp3) is 0.258. The first-order valence-corrected chi connectivity index (χ1v) is 14.2. The molecule has 0 saturated heterocycles. The molecule has 0 bridgehead atoms. The minimum atomic E-state index is -0.643. The molecule has 40 heavy (non-hydrogen) atoms. The topological polar surface area (TPSA) is 68.8 Å². The lowest BCUT2D eigenvalue weighted by atomic mass is 9.95. The number of esters is 1. The molecule has 0 spiro atoms. The first kappa shape index (κ1) is 27.7. The van der Waals surface area contributed by atoms with Crippen LogP contribution in [-0.4, -0.2) is 35.8 Å². The van der Waals surface area contributed by atoms with Crippen molar-refractivity contribution in [3.63, 3.8) is 0 Å². The van der Waals surface area contributed by atoms with Crippen LogP contribution in [0, 0.1) is 13.8 Å². The highest BCUT2D eigenvalue weighted by Gasteiger charge is 2.33. The molecule has 2 aromatic heterocycles. The summed E-state index contributed by atoms with van der Waals surface area (Å²) in [4.78, 5) is 34.4. The van der Waals surface area contributed by atoms with Gasteiger partial charge in [-0.15, -0.1) is 0 Å². The summed E-state index contributed by atoms with van der Waals surface area (Å²) in [5.41, 5.74) is 6.54. The average molecular weight is 575 g/mol. The van der Waals surface area contributed by atoms with Gasteiger partial charge >= 0.3 is 5.97 Å². The second kappa shape index (κ2) is 10.9. The fourth-order valence-corrected chi connectivity index (χ4v) is 6.29. The quantitative estimate of drug-likeness (QED) is 0.306. The van der Waals surface area contributed by atoms with Crippen molar-refractivity contribution >= 4 is 40.7 Å². The first-order valence-electron chi connectivity index (χ1n) is 13.0. The van der Waals surface area contributed by atoms with E-state index in [0.717, 1.165) is 33.9 Å². The lowest BCUT2D eigenvalue weighted by molar-refractivity contribution is -0.139. The van der Waals surface area contributed by atoms with Crippen LogP contribution in [0.15, 0.2) is 75.7 Å². The number of aromatic nitrogens is 2. The molecule has 206 valence electrons. The number of aryl methyl sites for hydroxylation is 1. The lowest BCUT2D eigenvalue weighted by Crippen LogP contribution is -2.40. The maximum atomic E-state index is 14.0. The summed E-state index contributed by atoms with van der Waals surface area (Å²) >= 11 is 7.42. The predicted molar refractivity (Wildman–Crippen MR) is 161 cm³/mol. The van der Waals surface area contributed by atoms with Gasteiger partial charge in [-0.05, 0) is 87.4 Å². The molecule has 5 rings (SSSR count). The van der Waals surface area contributed by atoms with Crippen LogP contribution < -0.4 is 19.8 Å². The molecule has 0 unspecified atom stereocenters. The maximum Gasteiger partial charge on any atom is 0.338 e. The van der Waals surface area contributed by atoms with Crippen molar-refractivity contribution < 1.29 is 9.53 Å². The number of halogens is 1. The van der Waals surface area contributed by atoms with E-state index in [9.17, 15) is 9.59 Å². The number of allylic oxidation sites excluding steroid dienone is 1.